The molecule has 2 aromatic carbocycles. The maximum atomic E-state index is 5.46. The SMILES string of the molecule is COc1cc(N=Cc2ccc(OC)c(OC)c2OC)cc(OC)c1OC. The summed E-state index contributed by atoms with van der Waals surface area (Å²) in [6.45, 7) is 0. The van der Waals surface area contributed by atoms with E-state index in [2.05, 4.69) is 4.99 Å². The number of methoxy groups -OCH3 is 6. The lowest BCUT2D eigenvalue weighted by Crippen LogP contribution is -1.98. The Morgan fingerprint density at radius 1 is 0.615 bits per heavy atom. The number of hydrogen-bond acceptors (Lipinski definition) is 7. The van der Waals surface area contributed by atoms with Crippen molar-refractivity contribution >= 4 is 11.9 Å². The predicted molar refractivity (Wildman–Crippen MR) is 99.5 cm³/mol. The van der Waals surface area contributed by atoms with Gasteiger partial charge in [-0.15, -0.1) is 0 Å². The Morgan fingerprint density at radius 3 is 1.62 bits per heavy atom. The van der Waals surface area contributed by atoms with Gasteiger partial charge < -0.3 is 28.4 Å². The third-order valence-electron chi connectivity index (χ3n) is 3.74. The third-order valence-corrected chi connectivity index (χ3v) is 3.74. The Morgan fingerprint density at radius 2 is 1.15 bits per heavy atom. The fraction of sp³-hybridized carbons (Fsp3) is 0.316. The molecule has 0 unspecified atom stereocenters. The Hall–Kier alpha value is -3.09. The highest BCUT2D eigenvalue weighted by Crippen LogP contribution is 2.42. The van der Waals surface area contributed by atoms with Crippen LogP contribution >= 0.6 is 0 Å². The molecule has 7 heteroatoms. The molecule has 0 radical (unpaired) electrons. The molecule has 0 fully saturated rings. The summed E-state index contributed by atoms with van der Waals surface area (Å²) >= 11 is 0. The molecule has 2 aromatic rings. The molecule has 0 bridgehead atoms. The van der Waals surface area contributed by atoms with Crippen molar-refractivity contribution < 1.29 is 28.4 Å². The topological polar surface area (TPSA) is 67.7 Å². The van der Waals surface area contributed by atoms with Crippen molar-refractivity contribution in [2.45, 2.75) is 0 Å². The average Bonchev–Trinajstić information content (AvgIpc) is 2.70. The molecule has 0 atom stereocenters. The van der Waals surface area contributed by atoms with Crippen molar-refractivity contribution in [1.82, 2.24) is 0 Å². The van der Waals surface area contributed by atoms with Crippen molar-refractivity contribution in [2.24, 2.45) is 4.99 Å². The monoisotopic (exact) mass is 361 g/mol. The first-order chi connectivity index (χ1) is 12.6. The molecular weight excluding hydrogens is 338 g/mol. The Kier molecular flexibility index (Phi) is 6.54. The van der Waals surface area contributed by atoms with E-state index >= 15 is 0 Å². The van der Waals surface area contributed by atoms with Crippen molar-refractivity contribution in [3.63, 3.8) is 0 Å². The van der Waals surface area contributed by atoms with Crippen LogP contribution in [0.4, 0.5) is 5.69 Å². The minimum atomic E-state index is 0.504. The van der Waals surface area contributed by atoms with E-state index < -0.39 is 0 Å². The number of ether oxygens (including phenoxy) is 6. The van der Waals surface area contributed by atoms with Crippen LogP contribution in [0.2, 0.25) is 0 Å². The van der Waals surface area contributed by atoms with Crippen LogP contribution in [-0.2, 0) is 0 Å². The largest absolute Gasteiger partial charge is 0.493 e. The molecule has 0 amide bonds. The maximum absolute atomic E-state index is 5.46. The molecule has 0 aliphatic heterocycles. The molecule has 0 aromatic heterocycles. The number of nitrogens with zero attached hydrogens (tertiary/aromatic N) is 1. The molecule has 140 valence electrons. The highest BCUT2D eigenvalue weighted by molar-refractivity contribution is 5.88. The lowest BCUT2D eigenvalue weighted by atomic mass is 10.2. The molecule has 26 heavy (non-hydrogen) atoms. The van der Waals surface area contributed by atoms with Crippen LogP contribution < -0.4 is 28.4 Å². The van der Waals surface area contributed by atoms with E-state index in [1.54, 1.807) is 67.1 Å². The van der Waals surface area contributed by atoms with Crippen molar-refractivity contribution in [1.29, 1.82) is 0 Å². The Balaban J connectivity index is 2.47. The third kappa shape index (κ3) is 3.77. The average molecular weight is 361 g/mol. The number of aliphatic imine (C=N–C) groups is 1. The van der Waals surface area contributed by atoms with Gasteiger partial charge in [-0.05, 0) is 12.1 Å². The van der Waals surface area contributed by atoms with E-state index in [1.165, 1.54) is 0 Å². The number of hydrogen-bond donors (Lipinski definition) is 0. The van der Waals surface area contributed by atoms with E-state index in [1.807, 2.05) is 6.07 Å². The van der Waals surface area contributed by atoms with Crippen LogP contribution in [0, 0.1) is 0 Å². The molecule has 2 rings (SSSR count). The fourth-order valence-electron chi connectivity index (χ4n) is 2.51. The summed E-state index contributed by atoms with van der Waals surface area (Å²) in [5.41, 5.74) is 1.37. The first-order valence-electron chi connectivity index (χ1n) is 7.76. The molecule has 0 aliphatic rings. The van der Waals surface area contributed by atoms with E-state index in [0.29, 0.717) is 40.2 Å². The van der Waals surface area contributed by atoms with Gasteiger partial charge in [0.1, 0.15) is 0 Å². The second-order valence-corrected chi connectivity index (χ2v) is 5.07. The Labute approximate surface area is 153 Å². The maximum Gasteiger partial charge on any atom is 0.203 e. The van der Waals surface area contributed by atoms with E-state index in [4.69, 9.17) is 28.4 Å². The van der Waals surface area contributed by atoms with Gasteiger partial charge in [0, 0.05) is 23.9 Å². The zero-order valence-electron chi connectivity index (χ0n) is 15.8. The minimum Gasteiger partial charge on any atom is -0.493 e. The van der Waals surface area contributed by atoms with Crippen molar-refractivity contribution in [3.05, 3.63) is 29.8 Å². The summed E-state index contributed by atoms with van der Waals surface area (Å²) in [5.74, 6) is 3.18. The highest BCUT2D eigenvalue weighted by Gasteiger charge is 2.15. The van der Waals surface area contributed by atoms with Crippen molar-refractivity contribution in [3.8, 4) is 34.5 Å². The normalized spacial score (nSPS) is 10.5. The summed E-state index contributed by atoms with van der Waals surface area (Å²) in [5, 5.41) is 0. The zero-order valence-corrected chi connectivity index (χ0v) is 15.8. The van der Waals surface area contributed by atoms with Gasteiger partial charge in [0.2, 0.25) is 11.5 Å². The molecule has 7 nitrogen and oxygen atoms in total. The standard InChI is InChI=1S/C19H23NO6/c1-21-14-8-7-12(17(24-4)19(14)26-6)11-20-13-9-15(22-2)18(25-5)16(10-13)23-3/h7-11H,1-6H3. The Bertz CT molecular complexity index is 763. The minimum absolute atomic E-state index is 0.504. The molecule has 0 saturated heterocycles. The van der Waals surface area contributed by atoms with Crippen LogP contribution in [0.1, 0.15) is 5.56 Å². The fourth-order valence-corrected chi connectivity index (χ4v) is 2.51. The van der Waals surface area contributed by atoms with Crippen LogP contribution in [0.3, 0.4) is 0 Å². The first kappa shape index (κ1) is 19.2. The van der Waals surface area contributed by atoms with Crippen LogP contribution in [0.5, 0.6) is 34.5 Å². The van der Waals surface area contributed by atoms with Gasteiger partial charge in [-0.2, -0.15) is 0 Å². The second-order valence-electron chi connectivity index (χ2n) is 5.07. The number of benzene rings is 2. The molecule has 0 aliphatic carbocycles. The summed E-state index contributed by atoms with van der Waals surface area (Å²) in [7, 11) is 9.36. The summed E-state index contributed by atoms with van der Waals surface area (Å²) in [6, 6.07) is 7.13. The quantitative estimate of drug-likeness (QED) is 0.671. The first-order valence-corrected chi connectivity index (χ1v) is 7.76. The van der Waals surface area contributed by atoms with Crippen LogP contribution in [0.15, 0.2) is 29.3 Å². The lowest BCUT2D eigenvalue weighted by molar-refractivity contribution is 0.324. The smallest absolute Gasteiger partial charge is 0.203 e. The summed E-state index contributed by atoms with van der Waals surface area (Å²) in [6.07, 6.45) is 1.67. The second kappa shape index (κ2) is 8.84. The lowest BCUT2D eigenvalue weighted by Gasteiger charge is -2.14. The molecule has 0 N–H and O–H groups in total. The molecule has 0 saturated carbocycles. The zero-order chi connectivity index (χ0) is 19.1. The van der Waals surface area contributed by atoms with E-state index in [0.717, 1.165) is 5.56 Å². The summed E-state index contributed by atoms with van der Waals surface area (Å²) in [4.78, 5) is 4.49. The molecular formula is C19H23NO6. The molecule has 0 spiro atoms. The van der Waals surface area contributed by atoms with Gasteiger partial charge >= 0.3 is 0 Å². The van der Waals surface area contributed by atoms with Gasteiger partial charge in [-0.3, -0.25) is 4.99 Å². The predicted octanol–water partition coefficient (Wildman–Crippen LogP) is 3.49. The van der Waals surface area contributed by atoms with Gasteiger partial charge in [-0.25, -0.2) is 0 Å². The van der Waals surface area contributed by atoms with Gasteiger partial charge in [0.25, 0.3) is 0 Å². The highest BCUT2D eigenvalue weighted by atomic mass is 16.5. The van der Waals surface area contributed by atoms with Crippen LogP contribution in [0.25, 0.3) is 0 Å². The van der Waals surface area contributed by atoms with Gasteiger partial charge in [-0.1, -0.05) is 0 Å². The molecule has 0 heterocycles. The van der Waals surface area contributed by atoms with Gasteiger partial charge in [0.15, 0.2) is 23.0 Å². The van der Waals surface area contributed by atoms with E-state index in [9.17, 15) is 0 Å². The van der Waals surface area contributed by atoms with E-state index in [-0.39, 0.29) is 0 Å². The van der Waals surface area contributed by atoms with Crippen LogP contribution in [-0.4, -0.2) is 48.9 Å². The van der Waals surface area contributed by atoms with Crippen molar-refractivity contribution in [2.75, 3.05) is 42.7 Å². The van der Waals surface area contributed by atoms with Gasteiger partial charge in [0.05, 0.1) is 48.3 Å². The summed E-state index contributed by atoms with van der Waals surface area (Å²) < 4.78 is 32.1. The number of rotatable bonds is 8.